The van der Waals surface area contributed by atoms with Crippen LogP contribution in [0.15, 0.2) is 12.4 Å². The highest BCUT2D eigenvalue weighted by molar-refractivity contribution is 6.28. The topological polar surface area (TPSA) is 63.9 Å². The second-order valence-corrected chi connectivity index (χ2v) is 5.59. The molecule has 2 aromatic heterocycles. The van der Waals surface area contributed by atoms with Gasteiger partial charge in [0, 0.05) is 19.2 Å². The minimum Gasteiger partial charge on any atom is -0.335 e. The van der Waals surface area contributed by atoms with Gasteiger partial charge in [-0.05, 0) is 31.4 Å². The summed E-state index contributed by atoms with van der Waals surface area (Å²) in [6, 6.07) is 0.455. The van der Waals surface area contributed by atoms with Crippen LogP contribution < -0.4 is 0 Å². The van der Waals surface area contributed by atoms with Gasteiger partial charge in [0.15, 0.2) is 5.65 Å². The summed E-state index contributed by atoms with van der Waals surface area (Å²) in [7, 11) is 0. The fraction of sp³-hybridized carbons (Fsp3) is 0.538. The summed E-state index contributed by atoms with van der Waals surface area (Å²) in [5, 5.41) is 5.40. The van der Waals surface area contributed by atoms with E-state index in [1.54, 1.807) is 19.3 Å². The SMILES string of the molecule is CC(=O)N1[C@H](Cn2ncc3cnc(Cl)nc32)CC[C@@H]1C. The number of amides is 1. The molecule has 1 fully saturated rings. The van der Waals surface area contributed by atoms with Crippen LogP contribution in [0.25, 0.3) is 11.0 Å². The normalized spacial score (nSPS) is 22.6. The van der Waals surface area contributed by atoms with Crippen molar-refractivity contribution in [1.82, 2.24) is 24.6 Å². The molecule has 7 heteroatoms. The van der Waals surface area contributed by atoms with Crippen molar-refractivity contribution in [2.45, 2.75) is 45.3 Å². The number of aromatic nitrogens is 4. The number of hydrogen-bond donors (Lipinski definition) is 0. The molecule has 1 amide bonds. The van der Waals surface area contributed by atoms with Crippen molar-refractivity contribution >= 4 is 28.5 Å². The molecule has 0 unspecified atom stereocenters. The number of likely N-dealkylation sites (tertiary alicyclic amines) is 1. The molecule has 0 spiro atoms. The predicted octanol–water partition coefficient (Wildman–Crippen LogP) is 1.88. The van der Waals surface area contributed by atoms with Gasteiger partial charge in [-0.3, -0.25) is 4.79 Å². The van der Waals surface area contributed by atoms with Gasteiger partial charge < -0.3 is 4.90 Å². The van der Waals surface area contributed by atoms with Crippen LogP contribution in [0.5, 0.6) is 0 Å². The predicted molar refractivity (Wildman–Crippen MR) is 75.3 cm³/mol. The number of hydrogen-bond acceptors (Lipinski definition) is 4. The molecule has 0 aromatic carbocycles. The van der Waals surface area contributed by atoms with E-state index in [4.69, 9.17) is 11.6 Å². The van der Waals surface area contributed by atoms with E-state index in [1.165, 1.54) is 0 Å². The minimum absolute atomic E-state index is 0.115. The summed E-state index contributed by atoms with van der Waals surface area (Å²) in [6.07, 6.45) is 5.40. The van der Waals surface area contributed by atoms with Crippen molar-refractivity contribution in [1.29, 1.82) is 0 Å². The molecule has 0 saturated carbocycles. The lowest BCUT2D eigenvalue weighted by atomic mass is 10.2. The molecule has 0 aliphatic carbocycles. The number of carbonyl (C=O) groups is 1. The van der Waals surface area contributed by atoms with E-state index in [2.05, 4.69) is 22.0 Å². The monoisotopic (exact) mass is 293 g/mol. The van der Waals surface area contributed by atoms with E-state index in [0.29, 0.717) is 12.2 Å². The van der Waals surface area contributed by atoms with Gasteiger partial charge in [-0.15, -0.1) is 0 Å². The number of carbonyl (C=O) groups excluding carboxylic acids is 1. The van der Waals surface area contributed by atoms with E-state index in [-0.39, 0.29) is 23.3 Å². The molecule has 1 aliphatic rings. The second-order valence-electron chi connectivity index (χ2n) is 5.25. The molecule has 0 radical (unpaired) electrons. The van der Waals surface area contributed by atoms with Crippen LogP contribution >= 0.6 is 11.6 Å². The Labute approximate surface area is 121 Å². The van der Waals surface area contributed by atoms with Crippen molar-refractivity contribution in [3.05, 3.63) is 17.7 Å². The molecule has 1 saturated heterocycles. The second kappa shape index (κ2) is 5.01. The van der Waals surface area contributed by atoms with Crippen LogP contribution in [0, 0.1) is 0 Å². The quantitative estimate of drug-likeness (QED) is 0.793. The van der Waals surface area contributed by atoms with Crippen molar-refractivity contribution in [3.8, 4) is 0 Å². The van der Waals surface area contributed by atoms with E-state index in [9.17, 15) is 4.79 Å². The van der Waals surface area contributed by atoms with Gasteiger partial charge in [-0.2, -0.15) is 10.1 Å². The lowest BCUT2D eigenvalue weighted by Crippen LogP contribution is -2.40. The zero-order valence-electron chi connectivity index (χ0n) is 11.5. The molecule has 0 bridgehead atoms. The lowest BCUT2D eigenvalue weighted by molar-refractivity contribution is -0.131. The molecule has 2 aromatic rings. The molecular formula is C13H16ClN5O. The van der Waals surface area contributed by atoms with Crippen LogP contribution in [0.4, 0.5) is 0 Å². The number of fused-ring (bicyclic) bond motifs is 1. The molecule has 20 heavy (non-hydrogen) atoms. The highest BCUT2D eigenvalue weighted by Gasteiger charge is 2.33. The van der Waals surface area contributed by atoms with E-state index < -0.39 is 0 Å². The standard InChI is InChI=1S/C13H16ClN5O/c1-8-3-4-11(19(8)9(2)20)7-18-12-10(6-16-18)5-15-13(14)17-12/h5-6,8,11H,3-4,7H2,1-2H3/t8-,11-/m0/s1. The molecule has 0 N–H and O–H groups in total. The zero-order valence-corrected chi connectivity index (χ0v) is 12.2. The maximum atomic E-state index is 11.8. The van der Waals surface area contributed by atoms with Gasteiger partial charge in [-0.1, -0.05) is 0 Å². The maximum Gasteiger partial charge on any atom is 0.224 e. The summed E-state index contributed by atoms with van der Waals surface area (Å²) in [4.78, 5) is 21.9. The third-order valence-corrected chi connectivity index (χ3v) is 4.06. The first-order valence-electron chi connectivity index (χ1n) is 6.69. The Balaban J connectivity index is 1.89. The van der Waals surface area contributed by atoms with Gasteiger partial charge in [0.2, 0.25) is 11.2 Å². The first kappa shape index (κ1) is 13.3. The number of halogens is 1. The summed E-state index contributed by atoms with van der Waals surface area (Å²) in [6.45, 7) is 4.34. The van der Waals surface area contributed by atoms with E-state index in [0.717, 1.165) is 18.2 Å². The average molecular weight is 294 g/mol. The highest BCUT2D eigenvalue weighted by atomic mass is 35.5. The van der Waals surface area contributed by atoms with Gasteiger partial charge in [0.1, 0.15) is 0 Å². The van der Waals surface area contributed by atoms with Gasteiger partial charge in [0.05, 0.1) is 24.2 Å². The van der Waals surface area contributed by atoms with Crippen molar-refractivity contribution in [2.75, 3.05) is 0 Å². The molecule has 3 rings (SSSR count). The smallest absolute Gasteiger partial charge is 0.224 e. The van der Waals surface area contributed by atoms with Crippen LogP contribution in [-0.4, -0.2) is 42.6 Å². The fourth-order valence-corrected chi connectivity index (χ4v) is 3.13. The zero-order chi connectivity index (χ0) is 14.3. The Bertz CT molecular complexity index is 655. The summed E-state index contributed by atoms with van der Waals surface area (Å²) >= 11 is 5.84. The van der Waals surface area contributed by atoms with Crippen LogP contribution in [0.3, 0.4) is 0 Å². The average Bonchev–Trinajstić information content (AvgIpc) is 2.94. The third-order valence-electron chi connectivity index (χ3n) is 3.88. The summed E-state index contributed by atoms with van der Waals surface area (Å²) in [5.74, 6) is 0.115. The Morgan fingerprint density at radius 3 is 3.00 bits per heavy atom. The first-order valence-corrected chi connectivity index (χ1v) is 7.07. The molecule has 2 atom stereocenters. The molecule has 106 valence electrons. The minimum atomic E-state index is 0.115. The molecule has 3 heterocycles. The number of rotatable bonds is 2. The van der Waals surface area contributed by atoms with Crippen molar-refractivity contribution < 1.29 is 4.79 Å². The summed E-state index contributed by atoms with van der Waals surface area (Å²) in [5.41, 5.74) is 0.716. The molecule has 6 nitrogen and oxygen atoms in total. The Kier molecular flexibility index (Phi) is 3.33. The maximum absolute atomic E-state index is 11.8. The summed E-state index contributed by atoms with van der Waals surface area (Å²) < 4.78 is 1.81. The van der Waals surface area contributed by atoms with Crippen LogP contribution in [-0.2, 0) is 11.3 Å². The van der Waals surface area contributed by atoms with E-state index in [1.807, 2.05) is 9.58 Å². The molecular weight excluding hydrogens is 278 g/mol. The fourth-order valence-electron chi connectivity index (χ4n) is 3.00. The third kappa shape index (κ3) is 2.24. The van der Waals surface area contributed by atoms with Crippen molar-refractivity contribution in [2.24, 2.45) is 0 Å². The first-order chi connectivity index (χ1) is 9.56. The van der Waals surface area contributed by atoms with Gasteiger partial charge in [0.25, 0.3) is 0 Å². The molecule has 1 aliphatic heterocycles. The van der Waals surface area contributed by atoms with E-state index >= 15 is 0 Å². The van der Waals surface area contributed by atoms with Crippen LogP contribution in [0.2, 0.25) is 5.28 Å². The lowest BCUT2D eigenvalue weighted by Gasteiger charge is -2.27. The van der Waals surface area contributed by atoms with Gasteiger partial charge >= 0.3 is 0 Å². The largest absolute Gasteiger partial charge is 0.335 e. The van der Waals surface area contributed by atoms with Gasteiger partial charge in [-0.25, -0.2) is 9.67 Å². The van der Waals surface area contributed by atoms with Crippen LogP contribution in [0.1, 0.15) is 26.7 Å². The Hall–Kier alpha value is -1.69. The van der Waals surface area contributed by atoms with Crippen molar-refractivity contribution in [3.63, 3.8) is 0 Å². The Morgan fingerprint density at radius 2 is 2.25 bits per heavy atom. The number of nitrogens with zero attached hydrogens (tertiary/aromatic N) is 5. The highest BCUT2D eigenvalue weighted by Crippen LogP contribution is 2.26. The Morgan fingerprint density at radius 1 is 1.45 bits per heavy atom.